The molecule has 0 fully saturated rings. The maximum absolute atomic E-state index is 8.69. The van der Waals surface area contributed by atoms with Gasteiger partial charge in [-0.05, 0) is 42.2 Å². The van der Waals surface area contributed by atoms with Gasteiger partial charge in [0.25, 0.3) is 0 Å². The van der Waals surface area contributed by atoms with Crippen LogP contribution in [0.3, 0.4) is 0 Å². The molecule has 0 aromatic carbocycles. The molecule has 3 nitrogen and oxygen atoms in total. The lowest BCUT2D eigenvalue weighted by Gasteiger charge is -2.13. The summed E-state index contributed by atoms with van der Waals surface area (Å²) in [5.74, 6) is 2.12. The second-order valence-electron chi connectivity index (χ2n) is 4.44. The number of nitrogens with one attached hydrogen (secondary N) is 1. The van der Waals surface area contributed by atoms with Gasteiger partial charge in [-0.15, -0.1) is 11.3 Å². The zero-order valence-electron chi connectivity index (χ0n) is 11.1. The van der Waals surface area contributed by atoms with E-state index < -0.39 is 0 Å². The number of aromatic nitrogens is 1. The van der Waals surface area contributed by atoms with Crippen molar-refractivity contribution in [1.82, 2.24) is 10.3 Å². The molecule has 2 aromatic rings. The topological polar surface area (TPSA) is 45.1 Å². The van der Waals surface area contributed by atoms with Crippen molar-refractivity contribution in [1.29, 1.82) is 0 Å². The fraction of sp³-hybridized carbons (Fsp3) is 0.500. The maximum Gasteiger partial charge on any atom is 0.0809 e. The molecule has 0 amide bonds. The Labute approximate surface area is 122 Å². The lowest BCUT2D eigenvalue weighted by molar-refractivity contribution is 0.296. The number of thioether (sulfide) groups is 1. The van der Waals surface area contributed by atoms with Crippen LogP contribution in [0, 0.1) is 0 Å². The predicted octanol–water partition coefficient (Wildman–Crippen LogP) is 3.06. The highest BCUT2D eigenvalue weighted by Gasteiger charge is 2.06. The first-order valence-electron chi connectivity index (χ1n) is 6.56. The van der Waals surface area contributed by atoms with Crippen molar-refractivity contribution in [2.75, 3.05) is 24.7 Å². The molecule has 0 saturated carbocycles. The minimum absolute atomic E-state index is 0.295. The van der Waals surface area contributed by atoms with Gasteiger partial charge in [0.05, 0.1) is 10.2 Å². The highest BCUT2D eigenvalue weighted by molar-refractivity contribution is 7.99. The van der Waals surface area contributed by atoms with Gasteiger partial charge in [-0.3, -0.25) is 4.98 Å². The van der Waals surface area contributed by atoms with Crippen LogP contribution >= 0.6 is 23.1 Å². The van der Waals surface area contributed by atoms with Crippen LogP contribution in [0.2, 0.25) is 0 Å². The maximum atomic E-state index is 8.69. The van der Waals surface area contributed by atoms with E-state index >= 15 is 0 Å². The molecule has 5 heteroatoms. The summed E-state index contributed by atoms with van der Waals surface area (Å²) < 4.78 is 1.25. The molecule has 0 radical (unpaired) electrons. The van der Waals surface area contributed by atoms with E-state index in [9.17, 15) is 0 Å². The number of hydrogen-bond donors (Lipinski definition) is 2. The van der Waals surface area contributed by atoms with Crippen molar-refractivity contribution in [3.05, 3.63) is 29.3 Å². The number of pyridine rings is 1. The van der Waals surface area contributed by atoms with Crippen LogP contribution in [0.4, 0.5) is 0 Å². The molecule has 2 aromatic heterocycles. The smallest absolute Gasteiger partial charge is 0.0809 e. The van der Waals surface area contributed by atoms with Gasteiger partial charge in [0.2, 0.25) is 0 Å². The van der Waals surface area contributed by atoms with Gasteiger partial charge in [0, 0.05) is 31.1 Å². The van der Waals surface area contributed by atoms with E-state index in [2.05, 4.69) is 34.7 Å². The van der Waals surface area contributed by atoms with Crippen LogP contribution in [-0.4, -0.2) is 34.7 Å². The molecule has 19 heavy (non-hydrogen) atoms. The average molecular weight is 296 g/mol. The molecule has 2 heterocycles. The molecule has 0 saturated heterocycles. The van der Waals surface area contributed by atoms with Crippen molar-refractivity contribution >= 4 is 33.3 Å². The minimum atomic E-state index is 0.295. The van der Waals surface area contributed by atoms with E-state index in [0.29, 0.717) is 12.6 Å². The summed E-state index contributed by atoms with van der Waals surface area (Å²) >= 11 is 3.62. The summed E-state index contributed by atoms with van der Waals surface area (Å²) in [6.45, 7) is 3.46. The first-order chi connectivity index (χ1) is 9.31. The van der Waals surface area contributed by atoms with Gasteiger partial charge >= 0.3 is 0 Å². The largest absolute Gasteiger partial charge is 0.396 e. The Kier molecular flexibility index (Phi) is 6.10. The van der Waals surface area contributed by atoms with Crippen LogP contribution in [0.15, 0.2) is 23.7 Å². The summed E-state index contributed by atoms with van der Waals surface area (Å²) in [5.41, 5.74) is 2.33. The number of fused-ring (bicyclic) bond motifs is 1. The first-order valence-corrected chi connectivity index (χ1v) is 8.60. The quantitative estimate of drug-likeness (QED) is 0.735. The summed E-state index contributed by atoms with van der Waals surface area (Å²) in [4.78, 5) is 4.47. The SMILES string of the molecule is CC(NCCSCCCO)c1cnc2ccsc2c1. The molecule has 2 N–H and O–H groups in total. The van der Waals surface area contributed by atoms with Crippen LogP contribution in [-0.2, 0) is 0 Å². The van der Waals surface area contributed by atoms with Crippen molar-refractivity contribution in [3.63, 3.8) is 0 Å². The van der Waals surface area contributed by atoms with E-state index in [1.54, 1.807) is 11.3 Å². The van der Waals surface area contributed by atoms with Crippen LogP contribution in [0.25, 0.3) is 10.2 Å². The van der Waals surface area contributed by atoms with Gasteiger partial charge in [-0.25, -0.2) is 0 Å². The third kappa shape index (κ3) is 4.45. The molecule has 0 aliphatic rings. The summed E-state index contributed by atoms with van der Waals surface area (Å²) in [6, 6.07) is 4.61. The monoisotopic (exact) mass is 296 g/mol. The number of nitrogens with zero attached hydrogens (tertiary/aromatic N) is 1. The number of aliphatic hydroxyl groups is 1. The molecule has 0 spiro atoms. The molecular weight excluding hydrogens is 276 g/mol. The summed E-state index contributed by atoms with van der Waals surface area (Å²) in [6.07, 6.45) is 2.85. The van der Waals surface area contributed by atoms with Gasteiger partial charge < -0.3 is 10.4 Å². The molecule has 0 aliphatic carbocycles. The molecular formula is C14H20N2OS2. The van der Waals surface area contributed by atoms with E-state index in [-0.39, 0.29) is 0 Å². The molecule has 0 bridgehead atoms. The normalized spacial score (nSPS) is 12.9. The zero-order valence-corrected chi connectivity index (χ0v) is 12.8. The lowest BCUT2D eigenvalue weighted by Crippen LogP contribution is -2.21. The Morgan fingerprint density at radius 1 is 1.47 bits per heavy atom. The fourth-order valence-corrected chi connectivity index (χ4v) is 3.42. The van der Waals surface area contributed by atoms with E-state index in [0.717, 1.165) is 30.0 Å². The van der Waals surface area contributed by atoms with Gasteiger partial charge in [-0.1, -0.05) is 0 Å². The number of hydrogen-bond acceptors (Lipinski definition) is 5. The van der Waals surface area contributed by atoms with Crippen LogP contribution < -0.4 is 5.32 Å². The Morgan fingerprint density at radius 3 is 3.21 bits per heavy atom. The average Bonchev–Trinajstić information content (AvgIpc) is 2.89. The fourth-order valence-electron chi connectivity index (χ4n) is 1.83. The number of rotatable bonds is 8. The van der Waals surface area contributed by atoms with E-state index in [4.69, 9.17) is 5.11 Å². The third-order valence-corrected chi connectivity index (χ3v) is 4.89. The Bertz CT molecular complexity index is 501. The van der Waals surface area contributed by atoms with Crippen molar-refractivity contribution in [2.45, 2.75) is 19.4 Å². The Hall–Kier alpha value is -0.620. The van der Waals surface area contributed by atoms with Crippen LogP contribution in [0.5, 0.6) is 0 Å². The number of thiophene rings is 1. The highest BCUT2D eigenvalue weighted by Crippen LogP contribution is 2.22. The molecule has 1 atom stereocenters. The Balaban J connectivity index is 1.77. The second kappa shape index (κ2) is 7.85. The molecule has 1 unspecified atom stereocenters. The minimum Gasteiger partial charge on any atom is -0.396 e. The molecule has 2 rings (SSSR count). The van der Waals surface area contributed by atoms with E-state index in [1.165, 1.54) is 10.3 Å². The van der Waals surface area contributed by atoms with Crippen molar-refractivity contribution < 1.29 is 5.11 Å². The van der Waals surface area contributed by atoms with Gasteiger partial charge in [0.15, 0.2) is 0 Å². The lowest BCUT2D eigenvalue weighted by atomic mass is 10.1. The number of aliphatic hydroxyl groups excluding tert-OH is 1. The van der Waals surface area contributed by atoms with Crippen LogP contribution in [0.1, 0.15) is 24.9 Å². The predicted molar refractivity (Wildman–Crippen MR) is 85.1 cm³/mol. The first kappa shape index (κ1) is 14.8. The van der Waals surface area contributed by atoms with Crippen molar-refractivity contribution in [2.24, 2.45) is 0 Å². The molecule has 0 aliphatic heterocycles. The molecule has 104 valence electrons. The van der Waals surface area contributed by atoms with E-state index in [1.807, 2.05) is 18.0 Å². The van der Waals surface area contributed by atoms with Gasteiger partial charge in [-0.2, -0.15) is 11.8 Å². The van der Waals surface area contributed by atoms with Gasteiger partial charge in [0.1, 0.15) is 0 Å². The standard InChI is InChI=1S/C14H20N2OS2/c1-11(15-4-8-18-6-2-5-17)12-9-14-13(16-10-12)3-7-19-14/h3,7,9-11,15,17H,2,4-6,8H2,1H3. The third-order valence-electron chi connectivity index (χ3n) is 2.97. The van der Waals surface area contributed by atoms with Crippen molar-refractivity contribution in [3.8, 4) is 0 Å². The summed E-state index contributed by atoms with van der Waals surface area (Å²) in [5, 5.41) is 14.3. The summed E-state index contributed by atoms with van der Waals surface area (Å²) in [7, 11) is 0. The highest BCUT2D eigenvalue weighted by atomic mass is 32.2. The second-order valence-corrected chi connectivity index (χ2v) is 6.61. The Morgan fingerprint density at radius 2 is 2.37 bits per heavy atom. The zero-order chi connectivity index (χ0) is 13.5.